The Morgan fingerprint density at radius 3 is 2.86 bits per heavy atom. The molecule has 0 spiro atoms. The summed E-state index contributed by atoms with van der Waals surface area (Å²) in [7, 11) is -3.83. The molecule has 0 aromatic heterocycles. The zero-order valence-corrected chi connectivity index (χ0v) is 13.2. The molecule has 116 valence electrons. The molecule has 0 saturated carbocycles. The number of aliphatic carboxylic acids is 1. The van der Waals surface area contributed by atoms with E-state index in [1.165, 1.54) is 6.07 Å². The highest BCUT2D eigenvalue weighted by atomic mass is 79.9. The smallest absolute Gasteiger partial charge is 0.306 e. The van der Waals surface area contributed by atoms with Crippen molar-refractivity contribution in [3.63, 3.8) is 0 Å². The van der Waals surface area contributed by atoms with Gasteiger partial charge in [-0.2, -0.15) is 4.31 Å². The van der Waals surface area contributed by atoms with Crippen LogP contribution in [-0.4, -0.2) is 49.6 Å². The number of carbonyl (C=O) groups is 1. The molecule has 0 radical (unpaired) electrons. The minimum absolute atomic E-state index is 0.0432. The third-order valence-corrected chi connectivity index (χ3v) is 5.86. The first-order chi connectivity index (χ1) is 9.80. The summed E-state index contributed by atoms with van der Waals surface area (Å²) in [6.07, 6.45) is -0.957. The van der Waals surface area contributed by atoms with E-state index in [1.807, 2.05) is 0 Å². The molecule has 1 aliphatic heterocycles. The molecule has 1 unspecified atom stereocenters. The Labute approximate surface area is 129 Å². The maximum atomic E-state index is 13.1. The second kappa shape index (κ2) is 6.39. The van der Waals surface area contributed by atoms with Crippen molar-refractivity contribution in [3.05, 3.63) is 28.5 Å². The lowest BCUT2D eigenvalue weighted by Crippen LogP contribution is -2.46. The molecule has 6 nitrogen and oxygen atoms in total. The van der Waals surface area contributed by atoms with E-state index in [9.17, 15) is 17.6 Å². The van der Waals surface area contributed by atoms with Crippen molar-refractivity contribution in [3.8, 4) is 0 Å². The SMILES string of the molecule is O=C(O)CC1CN(S(=O)(=O)c2ccc(F)cc2Br)CCO1. The molecule has 1 fully saturated rings. The normalized spacial score (nSPS) is 20.4. The Kier molecular flexibility index (Phi) is 4.97. The van der Waals surface area contributed by atoms with Gasteiger partial charge in [-0.15, -0.1) is 0 Å². The number of hydrogen-bond acceptors (Lipinski definition) is 4. The van der Waals surface area contributed by atoms with Crippen LogP contribution in [0, 0.1) is 5.82 Å². The van der Waals surface area contributed by atoms with Crippen molar-refractivity contribution in [1.82, 2.24) is 4.31 Å². The average Bonchev–Trinajstić information content (AvgIpc) is 2.37. The number of ether oxygens (including phenoxy) is 1. The second-order valence-electron chi connectivity index (χ2n) is 4.53. The number of hydrogen-bond donors (Lipinski definition) is 1. The minimum Gasteiger partial charge on any atom is -0.481 e. The molecular formula is C12H13BrFNO5S. The van der Waals surface area contributed by atoms with Crippen LogP contribution in [0.25, 0.3) is 0 Å². The molecule has 1 saturated heterocycles. The fraction of sp³-hybridized carbons (Fsp3) is 0.417. The summed E-state index contributed by atoms with van der Waals surface area (Å²) in [5, 5.41) is 8.75. The summed E-state index contributed by atoms with van der Waals surface area (Å²) in [6.45, 7) is 0.205. The van der Waals surface area contributed by atoms with Gasteiger partial charge in [-0.25, -0.2) is 12.8 Å². The van der Waals surface area contributed by atoms with Gasteiger partial charge in [0.25, 0.3) is 0 Å². The molecule has 0 amide bonds. The maximum absolute atomic E-state index is 13.1. The summed E-state index contributed by atoms with van der Waals surface area (Å²) < 4.78 is 44.6. The molecule has 9 heteroatoms. The number of benzene rings is 1. The standard InChI is InChI=1S/C12H13BrFNO5S/c13-10-5-8(14)1-2-11(10)21(18,19)15-3-4-20-9(7-15)6-12(16)17/h1-2,5,9H,3-4,6-7H2,(H,16,17). The number of nitrogens with zero attached hydrogens (tertiary/aromatic N) is 1. The van der Waals surface area contributed by atoms with Crippen molar-refractivity contribution in [2.24, 2.45) is 0 Å². The van der Waals surface area contributed by atoms with E-state index >= 15 is 0 Å². The van der Waals surface area contributed by atoms with Crippen LogP contribution >= 0.6 is 15.9 Å². The molecular weight excluding hydrogens is 369 g/mol. The largest absolute Gasteiger partial charge is 0.481 e. The van der Waals surface area contributed by atoms with Gasteiger partial charge in [-0.3, -0.25) is 4.79 Å². The van der Waals surface area contributed by atoms with Gasteiger partial charge in [0.1, 0.15) is 5.82 Å². The third kappa shape index (κ3) is 3.79. The lowest BCUT2D eigenvalue weighted by Gasteiger charge is -2.31. The number of carboxylic acids is 1. The number of rotatable bonds is 4. The van der Waals surface area contributed by atoms with E-state index in [-0.39, 0.29) is 35.5 Å². The number of carboxylic acid groups (broad SMARTS) is 1. The van der Waals surface area contributed by atoms with Crippen LogP contribution in [0.15, 0.2) is 27.6 Å². The Hall–Kier alpha value is -1.03. The van der Waals surface area contributed by atoms with E-state index in [1.54, 1.807) is 0 Å². The predicted molar refractivity (Wildman–Crippen MR) is 74.9 cm³/mol. The van der Waals surface area contributed by atoms with Gasteiger partial charge in [-0.05, 0) is 34.1 Å². The van der Waals surface area contributed by atoms with Crippen LogP contribution in [0.5, 0.6) is 0 Å². The first-order valence-electron chi connectivity index (χ1n) is 6.09. The van der Waals surface area contributed by atoms with Gasteiger partial charge in [0, 0.05) is 17.6 Å². The highest BCUT2D eigenvalue weighted by Gasteiger charge is 2.32. The maximum Gasteiger partial charge on any atom is 0.306 e. The van der Waals surface area contributed by atoms with Crippen molar-refractivity contribution in [1.29, 1.82) is 0 Å². The van der Waals surface area contributed by atoms with E-state index in [2.05, 4.69) is 15.9 Å². The van der Waals surface area contributed by atoms with Crippen LogP contribution in [0.2, 0.25) is 0 Å². The quantitative estimate of drug-likeness (QED) is 0.853. The topological polar surface area (TPSA) is 83.9 Å². The van der Waals surface area contributed by atoms with Crippen LogP contribution in [0.4, 0.5) is 4.39 Å². The van der Waals surface area contributed by atoms with Crippen molar-refractivity contribution in [2.45, 2.75) is 17.4 Å². The molecule has 1 aromatic rings. The zero-order valence-electron chi connectivity index (χ0n) is 10.8. The summed E-state index contributed by atoms with van der Waals surface area (Å²) in [5.41, 5.74) is 0. The van der Waals surface area contributed by atoms with Gasteiger partial charge in [0.2, 0.25) is 10.0 Å². The van der Waals surface area contributed by atoms with Crippen molar-refractivity contribution in [2.75, 3.05) is 19.7 Å². The van der Waals surface area contributed by atoms with E-state index in [0.717, 1.165) is 16.4 Å². The third-order valence-electron chi connectivity index (χ3n) is 3.02. The van der Waals surface area contributed by atoms with E-state index in [4.69, 9.17) is 9.84 Å². The Balaban J connectivity index is 2.24. The molecule has 0 aliphatic carbocycles. The van der Waals surface area contributed by atoms with Crippen molar-refractivity contribution >= 4 is 31.9 Å². The van der Waals surface area contributed by atoms with Gasteiger partial charge < -0.3 is 9.84 Å². The first-order valence-corrected chi connectivity index (χ1v) is 8.32. The molecule has 1 N–H and O–H groups in total. The fourth-order valence-electron chi connectivity index (χ4n) is 2.05. The molecule has 0 bridgehead atoms. The molecule has 1 aromatic carbocycles. The molecule has 1 atom stereocenters. The summed E-state index contributed by atoms with van der Waals surface area (Å²) in [5.74, 6) is -1.60. The van der Waals surface area contributed by atoms with Gasteiger partial charge >= 0.3 is 5.97 Å². The van der Waals surface area contributed by atoms with Gasteiger partial charge in [0.15, 0.2) is 0 Å². The van der Waals surface area contributed by atoms with Crippen LogP contribution in [0.3, 0.4) is 0 Å². The van der Waals surface area contributed by atoms with Crippen molar-refractivity contribution < 1.29 is 27.4 Å². The summed E-state index contributed by atoms with van der Waals surface area (Å²) >= 11 is 3.03. The zero-order chi connectivity index (χ0) is 15.6. The second-order valence-corrected chi connectivity index (χ2v) is 7.29. The highest BCUT2D eigenvalue weighted by molar-refractivity contribution is 9.10. The molecule has 1 aliphatic rings. The van der Waals surface area contributed by atoms with Gasteiger partial charge in [0.05, 0.1) is 24.0 Å². The van der Waals surface area contributed by atoms with Gasteiger partial charge in [-0.1, -0.05) is 0 Å². The molecule has 21 heavy (non-hydrogen) atoms. The van der Waals surface area contributed by atoms with E-state index < -0.39 is 27.9 Å². The lowest BCUT2D eigenvalue weighted by molar-refractivity contribution is -0.141. The predicted octanol–water partition coefficient (Wildman–Crippen LogP) is 1.45. The minimum atomic E-state index is -3.83. The lowest BCUT2D eigenvalue weighted by atomic mass is 10.2. The summed E-state index contributed by atoms with van der Waals surface area (Å²) in [6, 6.07) is 3.31. The van der Waals surface area contributed by atoms with Crippen LogP contribution in [-0.2, 0) is 19.6 Å². The Morgan fingerprint density at radius 1 is 1.52 bits per heavy atom. The van der Waals surface area contributed by atoms with Crippen LogP contribution < -0.4 is 0 Å². The molecule has 1 heterocycles. The Morgan fingerprint density at radius 2 is 2.24 bits per heavy atom. The highest BCUT2D eigenvalue weighted by Crippen LogP contribution is 2.27. The van der Waals surface area contributed by atoms with E-state index in [0.29, 0.717) is 0 Å². The monoisotopic (exact) mass is 381 g/mol. The average molecular weight is 382 g/mol. The number of morpholine rings is 1. The fourth-order valence-corrected chi connectivity index (χ4v) is 4.52. The molecule has 2 rings (SSSR count). The summed E-state index contributed by atoms with van der Waals surface area (Å²) in [4.78, 5) is 10.6. The number of halogens is 2. The first kappa shape index (κ1) is 16.3. The van der Waals surface area contributed by atoms with Crippen LogP contribution in [0.1, 0.15) is 6.42 Å². The number of sulfonamides is 1. The Bertz CT molecular complexity index is 651.